The first kappa shape index (κ1) is 24.2. The lowest BCUT2D eigenvalue weighted by Crippen LogP contribution is -2.15. The molecule has 28 heavy (non-hydrogen) atoms. The van der Waals surface area contributed by atoms with E-state index in [1.165, 1.54) is 25.7 Å². The number of esters is 2. The zero-order valence-corrected chi connectivity index (χ0v) is 18.2. The minimum Gasteiger partial charge on any atom is -0.462 e. The van der Waals surface area contributed by atoms with Gasteiger partial charge in [0.1, 0.15) is 0 Å². The Hall–Kier alpha value is -1.84. The molecule has 0 aliphatic carbocycles. The summed E-state index contributed by atoms with van der Waals surface area (Å²) in [5.74, 6) is 0.386. The average Bonchev–Trinajstić information content (AvgIpc) is 2.68. The lowest BCUT2D eigenvalue weighted by Gasteiger charge is -2.12. The largest absolute Gasteiger partial charge is 0.462 e. The molecule has 0 spiro atoms. The maximum atomic E-state index is 12.4. The van der Waals surface area contributed by atoms with Crippen molar-refractivity contribution < 1.29 is 19.1 Å². The van der Waals surface area contributed by atoms with Gasteiger partial charge in [-0.3, -0.25) is 0 Å². The molecule has 1 aromatic rings. The highest BCUT2D eigenvalue weighted by Gasteiger charge is 2.19. The van der Waals surface area contributed by atoms with Gasteiger partial charge < -0.3 is 9.47 Å². The highest BCUT2D eigenvalue weighted by Crippen LogP contribution is 2.16. The zero-order chi connectivity index (χ0) is 20.8. The van der Waals surface area contributed by atoms with Gasteiger partial charge in [-0.1, -0.05) is 65.5 Å². The number of rotatable bonds is 14. The quantitative estimate of drug-likeness (QED) is 0.271. The molecule has 0 radical (unpaired) electrons. The number of hydrogen-bond donors (Lipinski definition) is 0. The van der Waals surface area contributed by atoms with E-state index < -0.39 is 11.9 Å². The summed E-state index contributed by atoms with van der Waals surface area (Å²) >= 11 is 0. The van der Waals surface area contributed by atoms with E-state index in [0.29, 0.717) is 25.0 Å². The van der Waals surface area contributed by atoms with Crippen molar-refractivity contribution >= 4 is 11.9 Å². The number of benzene rings is 1. The molecule has 0 N–H and O–H groups in total. The van der Waals surface area contributed by atoms with Crippen molar-refractivity contribution in [2.75, 3.05) is 13.2 Å². The van der Waals surface area contributed by atoms with E-state index in [0.717, 1.165) is 25.7 Å². The molecule has 0 aliphatic rings. The summed E-state index contributed by atoms with van der Waals surface area (Å²) in [5.41, 5.74) is 0.571. The van der Waals surface area contributed by atoms with Crippen molar-refractivity contribution in [1.82, 2.24) is 0 Å². The van der Waals surface area contributed by atoms with Crippen LogP contribution in [0.15, 0.2) is 24.3 Å². The minimum absolute atomic E-state index is 0.286. The monoisotopic (exact) mass is 390 g/mol. The first-order chi connectivity index (χ1) is 13.5. The second-order valence-electron chi connectivity index (χ2n) is 7.89. The van der Waals surface area contributed by atoms with Crippen LogP contribution in [0.4, 0.5) is 0 Å². The second-order valence-corrected chi connectivity index (χ2v) is 7.89. The molecule has 0 saturated carbocycles. The summed E-state index contributed by atoms with van der Waals surface area (Å²) in [6.07, 6.45) is 8.51. The normalized spacial score (nSPS) is 13.0. The highest BCUT2D eigenvalue weighted by atomic mass is 16.5. The highest BCUT2D eigenvalue weighted by molar-refractivity contribution is 6.03. The number of ether oxygens (including phenoxy) is 2. The van der Waals surface area contributed by atoms with Crippen molar-refractivity contribution in [2.45, 2.75) is 79.1 Å². The van der Waals surface area contributed by atoms with Crippen LogP contribution in [-0.4, -0.2) is 25.2 Å². The van der Waals surface area contributed by atoms with Crippen molar-refractivity contribution in [3.63, 3.8) is 0 Å². The molecule has 0 bridgehead atoms. The lowest BCUT2D eigenvalue weighted by atomic mass is 10.0. The predicted molar refractivity (Wildman–Crippen MR) is 114 cm³/mol. The fourth-order valence-electron chi connectivity index (χ4n) is 3.46. The van der Waals surface area contributed by atoms with E-state index in [2.05, 4.69) is 27.7 Å². The SMILES string of the molecule is CCCC(C)CCCOC(=O)c1ccccc1C(=O)OCCCC(C)CCC. The van der Waals surface area contributed by atoms with Crippen LogP contribution in [0.2, 0.25) is 0 Å². The molecule has 4 heteroatoms. The van der Waals surface area contributed by atoms with Crippen LogP contribution in [0.3, 0.4) is 0 Å². The number of hydrogen-bond acceptors (Lipinski definition) is 4. The summed E-state index contributed by atoms with van der Waals surface area (Å²) < 4.78 is 10.8. The Morgan fingerprint density at radius 1 is 0.750 bits per heavy atom. The van der Waals surface area contributed by atoms with E-state index in [9.17, 15) is 9.59 Å². The third-order valence-electron chi connectivity index (χ3n) is 5.08. The molecule has 0 fully saturated rings. The van der Waals surface area contributed by atoms with Gasteiger partial charge >= 0.3 is 11.9 Å². The first-order valence-corrected chi connectivity index (χ1v) is 10.9. The van der Waals surface area contributed by atoms with Crippen LogP contribution >= 0.6 is 0 Å². The third kappa shape index (κ3) is 9.38. The maximum absolute atomic E-state index is 12.4. The maximum Gasteiger partial charge on any atom is 0.339 e. The van der Waals surface area contributed by atoms with Gasteiger partial charge in [0, 0.05) is 0 Å². The molecule has 0 saturated heterocycles. The molecule has 0 heterocycles. The van der Waals surface area contributed by atoms with Crippen LogP contribution in [0, 0.1) is 11.8 Å². The smallest absolute Gasteiger partial charge is 0.339 e. The van der Waals surface area contributed by atoms with E-state index in [-0.39, 0.29) is 11.1 Å². The number of carbonyl (C=O) groups is 2. The van der Waals surface area contributed by atoms with Crippen molar-refractivity contribution in [1.29, 1.82) is 0 Å². The van der Waals surface area contributed by atoms with Gasteiger partial charge in [0.2, 0.25) is 0 Å². The van der Waals surface area contributed by atoms with E-state index in [4.69, 9.17) is 9.47 Å². The Morgan fingerprint density at radius 3 is 1.50 bits per heavy atom. The molecular formula is C24H38O4. The lowest BCUT2D eigenvalue weighted by molar-refractivity contribution is 0.0446. The van der Waals surface area contributed by atoms with Crippen LogP contribution in [0.5, 0.6) is 0 Å². The van der Waals surface area contributed by atoms with E-state index >= 15 is 0 Å². The van der Waals surface area contributed by atoms with Gasteiger partial charge in [-0.2, -0.15) is 0 Å². The molecule has 2 atom stereocenters. The predicted octanol–water partition coefficient (Wildman–Crippen LogP) is 6.43. The second kappa shape index (κ2) is 14.2. The fourth-order valence-corrected chi connectivity index (χ4v) is 3.46. The molecular weight excluding hydrogens is 352 g/mol. The summed E-state index contributed by atoms with van der Waals surface area (Å²) in [7, 11) is 0. The summed E-state index contributed by atoms with van der Waals surface area (Å²) in [4.78, 5) is 24.8. The van der Waals surface area contributed by atoms with Gasteiger partial charge in [-0.15, -0.1) is 0 Å². The topological polar surface area (TPSA) is 52.6 Å². The Labute approximate surface area is 171 Å². The Kier molecular flexibility index (Phi) is 12.3. The summed E-state index contributed by atoms with van der Waals surface area (Å²) in [5, 5.41) is 0. The molecule has 0 aromatic heterocycles. The fraction of sp³-hybridized carbons (Fsp3) is 0.667. The van der Waals surface area contributed by atoms with Crippen LogP contribution in [-0.2, 0) is 9.47 Å². The molecule has 4 nitrogen and oxygen atoms in total. The van der Waals surface area contributed by atoms with Gasteiger partial charge in [0.05, 0.1) is 24.3 Å². The van der Waals surface area contributed by atoms with Gasteiger partial charge in [-0.25, -0.2) is 9.59 Å². The standard InChI is InChI=1S/C24H38O4/c1-5-11-19(3)13-9-17-27-23(25)21-15-7-8-16-22(21)24(26)28-18-10-14-20(4)12-6-2/h7-8,15-16,19-20H,5-6,9-14,17-18H2,1-4H3. The van der Waals surface area contributed by atoms with Gasteiger partial charge in [-0.05, 0) is 49.7 Å². The number of carbonyl (C=O) groups excluding carboxylic acids is 2. The van der Waals surface area contributed by atoms with Crippen molar-refractivity contribution in [3.05, 3.63) is 35.4 Å². The Bertz CT molecular complexity index is 531. The third-order valence-corrected chi connectivity index (χ3v) is 5.08. The average molecular weight is 391 g/mol. The van der Waals surface area contributed by atoms with Crippen molar-refractivity contribution in [2.24, 2.45) is 11.8 Å². The summed E-state index contributed by atoms with van der Waals surface area (Å²) in [6, 6.07) is 6.73. The van der Waals surface area contributed by atoms with Gasteiger partial charge in [0.15, 0.2) is 0 Å². The molecule has 2 unspecified atom stereocenters. The Balaban J connectivity index is 2.47. The summed E-state index contributed by atoms with van der Waals surface area (Å²) in [6.45, 7) is 9.56. The van der Waals surface area contributed by atoms with Gasteiger partial charge in [0.25, 0.3) is 0 Å². The molecule has 0 amide bonds. The van der Waals surface area contributed by atoms with Crippen LogP contribution < -0.4 is 0 Å². The van der Waals surface area contributed by atoms with E-state index in [1.54, 1.807) is 24.3 Å². The van der Waals surface area contributed by atoms with Crippen LogP contribution in [0.25, 0.3) is 0 Å². The minimum atomic E-state index is -0.452. The molecule has 1 aromatic carbocycles. The molecule has 1 rings (SSSR count). The van der Waals surface area contributed by atoms with E-state index in [1.807, 2.05) is 0 Å². The molecule has 0 aliphatic heterocycles. The van der Waals surface area contributed by atoms with Crippen LogP contribution in [0.1, 0.15) is 99.8 Å². The zero-order valence-electron chi connectivity index (χ0n) is 18.2. The first-order valence-electron chi connectivity index (χ1n) is 10.9. The van der Waals surface area contributed by atoms with Crippen molar-refractivity contribution in [3.8, 4) is 0 Å². The molecule has 158 valence electrons. The Morgan fingerprint density at radius 2 is 1.14 bits per heavy atom.